The van der Waals surface area contributed by atoms with Gasteiger partial charge >= 0.3 is 6.03 Å². The number of amides is 4. The summed E-state index contributed by atoms with van der Waals surface area (Å²) < 4.78 is 0. The SMILES string of the molecule is CC(C)C[C@H](NC(=O)c1ccc(N(C)C)cc1)C(=O)N1CC[C@@H]2[C@H]1C(=O)CN2C(=O)N1CCCCC1. The van der Waals surface area contributed by atoms with Crippen molar-refractivity contribution in [2.24, 2.45) is 5.92 Å². The van der Waals surface area contributed by atoms with Gasteiger partial charge < -0.3 is 24.9 Å². The Morgan fingerprint density at radius 1 is 1.00 bits per heavy atom. The molecular formula is C27H39N5O4. The van der Waals surface area contributed by atoms with E-state index in [1.165, 1.54) is 0 Å². The van der Waals surface area contributed by atoms with E-state index in [4.69, 9.17) is 0 Å². The zero-order valence-electron chi connectivity index (χ0n) is 21.9. The summed E-state index contributed by atoms with van der Waals surface area (Å²) in [7, 11) is 3.86. The molecule has 0 aromatic heterocycles. The smallest absolute Gasteiger partial charge is 0.320 e. The van der Waals surface area contributed by atoms with Gasteiger partial charge in [0.15, 0.2) is 5.78 Å². The third-order valence-electron chi connectivity index (χ3n) is 7.53. The Kier molecular flexibility index (Phi) is 7.85. The number of Topliss-reactive ketones (excluding diaryl/α,β-unsaturated/α-hetero) is 1. The molecule has 1 aromatic carbocycles. The number of hydrogen-bond donors (Lipinski definition) is 1. The average molecular weight is 498 g/mol. The molecule has 3 saturated heterocycles. The summed E-state index contributed by atoms with van der Waals surface area (Å²) in [6, 6.07) is 5.50. The van der Waals surface area contributed by atoms with Crippen LogP contribution in [0.1, 0.15) is 56.3 Å². The van der Waals surface area contributed by atoms with E-state index in [2.05, 4.69) is 5.32 Å². The molecule has 1 N–H and O–H groups in total. The Labute approximate surface area is 213 Å². The van der Waals surface area contributed by atoms with Crippen molar-refractivity contribution in [2.45, 2.75) is 64.1 Å². The Bertz CT molecular complexity index is 986. The quantitative estimate of drug-likeness (QED) is 0.651. The molecule has 0 bridgehead atoms. The molecule has 4 amide bonds. The van der Waals surface area contributed by atoms with Gasteiger partial charge in [-0.3, -0.25) is 14.4 Å². The average Bonchev–Trinajstić information content (AvgIpc) is 3.44. The number of likely N-dealkylation sites (tertiary alicyclic amines) is 3. The monoisotopic (exact) mass is 497 g/mol. The fraction of sp³-hybridized carbons (Fsp3) is 0.630. The highest BCUT2D eigenvalue weighted by molar-refractivity contribution is 6.00. The van der Waals surface area contributed by atoms with Crippen LogP contribution in [-0.4, -0.2) is 96.7 Å². The van der Waals surface area contributed by atoms with Crippen LogP contribution in [0.15, 0.2) is 24.3 Å². The standard InChI is InChI=1S/C27H39N5O4/c1-18(2)16-21(28-25(34)19-8-10-20(11-9-19)29(3)4)26(35)31-15-12-22-24(31)23(33)17-32(22)27(36)30-13-6-5-7-14-30/h8-11,18,21-22,24H,5-7,12-17H2,1-4H3,(H,28,34)/t21-,22+,24-/m0/s1. The lowest BCUT2D eigenvalue weighted by Gasteiger charge is -2.33. The highest BCUT2D eigenvalue weighted by atomic mass is 16.2. The molecule has 0 spiro atoms. The molecule has 1 aromatic rings. The number of ketones is 1. The van der Waals surface area contributed by atoms with Gasteiger partial charge in [0, 0.05) is 45.0 Å². The van der Waals surface area contributed by atoms with Crippen molar-refractivity contribution in [1.29, 1.82) is 0 Å². The third-order valence-corrected chi connectivity index (χ3v) is 7.53. The fourth-order valence-corrected chi connectivity index (χ4v) is 5.64. The number of carbonyl (C=O) groups excluding carboxylic acids is 4. The minimum Gasteiger partial charge on any atom is -0.378 e. The number of benzene rings is 1. The molecule has 196 valence electrons. The first kappa shape index (κ1) is 26.0. The van der Waals surface area contributed by atoms with Crippen LogP contribution in [0.25, 0.3) is 0 Å². The number of fused-ring (bicyclic) bond motifs is 1. The third kappa shape index (κ3) is 5.34. The van der Waals surface area contributed by atoms with Gasteiger partial charge in [-0.15, -0.1) is 0 Å². The Hall–Kier alpha value is -3.10. The van der Waals surface area contributed by atoms with Gasteiger partial charge in [0.25, 0.3) is 5.91 Å². The predicted molar refractivity (Wildman–Crippen MR) is 138 cm³/mol. The number of piperidine rings is 1. The van der Waals surface area contributed by atoms with E-state index in [1.807, 2.05) is 49.9 Å². The predicted octanol–water partition coefficient (Wildman–Crippen LogP) is 2.36. The lowest BCUT2D eigenvalue weighted by Crippen LogP contribution is -2.53. The number of nitrogens with zero attached hydrogens (tertiary/aromatic N) is 4. The Morgan fingerprint density at radius 2 is 1.67 bits per heavy atom. The van der Waals surface area contributed by atoms with Crippen LogP contribution < -0.4 is 10.2 Å². The molecule has 3 aliphatic heterocycles. The molecule has 0 saturated carbocycles. The summed E-state index contributed by atoms with van der Waals surface area (Å²) in [6.45, 7) is 5.92. The lowest BCUT2D eigenvalue weighted by atomic mass is 10.0. The van der Waals surface area contributed by atoms with Gasteiger partial charge in [0.2, 0.25) is 5.91 Å². The zero-order valence-corrected chi connectivity index (χ0v) is 21.9. The van der Waals surface area contributed by atoms with Crippen LogP contribution in [0.2, 0.25) is 0 Å². The molecule has 36 heavy (non-hydrogen) atoms. The summed E-state index contributed by atoms with van der Waals surface area (Å²) in [5, 5.41) is 2.93. The van der Waals surface area contributed by atoms with Crippen LogP contribution in [0, 0.1) is 5.92 Å². The van der Waals surface area contributed by atoms with Crippen molar-refractivity contribution < 1.29 is 19.2 Å². The molecule has 0 radical (unpaired) electrons. The first-order valence-electron chi connectivity index (χ1n) is 13.1. The minimum atomic E-state index is -0.732. The van der Waals surface area contributed by atoms with E-state index in [1.54, 1.807) is 21.9 Å². The van der Waals surface area contributed by atoms with Gasteiger partial charge in [-0.1, -0.05) is 13.8 Å². The number of carbonyl (C=O) groups is 4. The van der Waals surface area contributed by atoms with Crippen molar-refractivity contribution in [2.75, 3.05) is 45.2 Å². The number of urea groups is 1. The van der Waals surface area contributed by atoms with Gasteiger partial charge in [-0.25, -0.2) is 4.79 Å². The maximum absolute atomic E-state index is 13.7. The van der Waals surface area contributed by atoms with Crippen molar-refractivity contribution in [1.82, 2.24) is 20.0 Å². The maximum atomic E-state index is 13.7. The van der Waals surface area contributed by atoms with Crippen LogP contribution in [0.5, 0.6) is 0 Å². The summed E-state index contributed by atoms with van der Waals surface area (Å²) in [5.74, 6) is -0.472. The van der Waals surface area contributed by atoms with E-state index >= 15 is 0 Å². The van der Waals surface area contributed by atoms with Crippen molar-refractivity contribution >= 4 is 29.3 Å². The summed E-state index contributed by atoms with van der Waals surface area (Å²) >= 11 is 0. The molecule has 9 heteroatoms. The van der Waals surface area contributed by atoms with Crippen molar-refractivity contribution in [3.8, 4) is 0 Å². The number of hydrogen-bond acceptors (Lipinski definition) is 5. The van der Waals surface area contributed by atoms with Gasteiger partial charge in [0.05, 0.1) is 12.6 Å². The topological polar surface area (TPSA) is 93.3 Å². The van der Waals surface area contributed by atoms with E-state index in [0.717, 1.165) is 38.0 Å². The first-order chi connectivity index (χ1) is 17.2. The normalized spacial score (nSPS) is 22.6. The molecule has 3 heterocycles. The fourth-order valence-electron chi connectivity index (χ4n) is 5.64. The van der Waals surface area contributed by atoms with Crippen LogP contribution in [-0.2, 0) is 9.59 Å². The number of anilines is 1. The molecule has 3 atom stereocenters. The number of nitrogens with one attached hydrogen (secondary N) is 1. The van der Waals surface area contributed by atoms with E-state index < -0.39 is 12.1 Å². The summed E-state index contributed by atoms with van der Waals surface area (Å²) in [4.78, 5) is 60.0. The highest BCUT2D eigenvalue weighted by Gasteiger charge is 2.52. The second-order valence-electron chi connectivity index (χ2n) is 10.9. The largest absolute Gasteiger partial charge is 0.378 e. The summed E-state index contributed by atoms with van der Waals surface area (Å²) in [5.41, 5.74) is 1.46. The van der Waals surface area contributed by atoms with Crippen molar-refractivity contribution in [3.63, 3.8) is 0 Å². The minimum absolute atomic E-state index is 0.0495. The zero-order chi connectivity index (χ0) is 26.0. The highest BCUT2D eigenvalue weighted by Crippen LogP contribution is 2.32. The lowest BCUT2D eigenvalue weighted by molar-refractivity contribution is -0.138. The van der Waals surface area contributed by atoms with Gasteiger partial charge in [0.1, 0.15) is 12.1 Å². The molecule has 4 rings (SSSR count). The molecule has 3 fully saturated rings. The van der Waals surface area contributed by atoms with Crippen LogP contribution in [0.4, 0.5) is 10.5 Å². The maximum Gasteiger partial charge on any atom is 0.320 e. The van der Waals surface area contributed by atoms with E-state index in [9.17, 15) is 19.2 Å². The molecule has 3 aliphatic rings. The Balaban J connectivity index is 1.46. The molecular weight excluding hydrogens is 458 g/mol. The van der Waals surface area contributed by atoms with Gasteiger partial charge in [-0.05, 0) is 62.3 Å². The van der Waals surface area contributed by atoms with Crippen LogP contribution >= 0.6 is 0 Å². The van der Waals surface area contributed by atoms with Crippen molar-refractivity contribution in [3.05, 3.63) is 29.8 Å². The second kappa shape index (κ2) is 10.9. The second-order valence-corrected chi connectivity index (χ2v) is 10.9. The summed E-state index contributed by atoms with van der Waals surface area (Å²) in [6.07, 6.45) is 4.15. The molecule has 9 nitrogen and oxygen atoms in total. The van der Waals surface area contributed by atoms with E-state index in [-0.39, 0.29) is 42.1 Å². The molecule has 0 aliphatic carbocycles. The number of rotatable bonds is 6. The molecule has 0 unspecified atom stereocenters. The Morgan fingerprint density at radius 3 is 2.28 bits per heavy atom. The van der Waals surface area contributed by atoms with Gasteiger partial charge in [-0.2, -0.15) is 0 Å². The van der Waals surface area contributed by atoms with E-state index in [0.29, 0.717) is 24.9 Å². The van der Waals surface area contributed by atoms with Crippen LogP contribution in [0.3, 0.4) is 0 Å². The first-order valence-corrected chi connectivity index (χ1v) is 13.1.